The van der Waals surface area contributed by atoms with Gasteiger partial charge in [0, 0.05) is 48.0 Å². The average molecular weight is 473 g/mol. The molecule has 2 aromatic rings. The Morgan fingerprint density at radius 1 is 0.914 bits per heavy atom. The van der Waals surface area contributed by atoms with Crippen molar-refractivity contribution < 1.29 is 19.1 Å². The van der Waals surface area contributed by atoms with E-state index in [-0.39, 0.29) is 22.4 Å². The van der Waals surface area contributed by atoms with Crippen LogP contribution in [0.2, 0.25) is 0 Å². The van der Waals surface area contributed by atoms with Crippen LogP contribution in [0.3, 0.4) is 0 Å². The second-order valence-electron chi connectivity index (χ2n) is 11.5. The molecule has 3 aliphatic rings. The highest BCUT2D eigenvalue weighted by Crippen LogP contribution is 2.54. The van der Waals surface area contributed by atoms with Crippen molar-refractivity contribution in [1.29, 1.82) is 0 Å². The number of methoxy groups -OCH3 is 1. The third kappa shape index (κ3) is 4.15. The van der Waals surface area contributed by atoms with Crippen molar-refractivity contribution in [1.82, 2.24) is 4.98 Å². The molecule has 0 fully saturated rings. The monoisotopic (exact) mass is 472 g/mol. The van der Waals surface area contributed by atoms with Gasteiger partial charge in [-0.05, 0) is 41.2 Å². The van der Waals surface area contributed by atoms with Gasteiger partial charge in [0.1, 0.15) is 23.1 Å². The van der Waals surface area contributed by atoms with Crippen LogP contribution in [-0.2, 0) is 14.3 Å². The topological polar surface area (TPSA) is 91.5 Å². The van der Waals surface area contributed by atoms with Crippen LogP contribution in [0.1, 0.15) is 64.9 Å². The molecule has 5 rings (SSSR count). The molecule has 0 amide bonds. The summed E-state index contributed by atoms with van der Waals surface area (Å²) in [6.07, 6.45) is 2.11. The van der Waals surface area contributed by atoms with Crippen LogP contribution in [-0.4, -0.2) is 23.7 Å². The number of Topliss-reactive ketones (excluding diaryl/α,β-unsaturated/α-hetero) is 2. The third-order valence-corrected chi connectivity index (χ3v) is 7.19. The molecule has 0 saturated carbocycles. The SMILES string of the molecule is COc1ccc(-c2cccc(N)n2)cc1C1C2=C(CC(C)(C)CC2=O)OC2=C1C(=O)CC(C)(C)C2. The fraction of sp³-hybridized carbons (Fsp3) is 0.414. The fourth-order valence-corrected chi connectivity index (χ4v) is 5.72. The summed E-state index contributed by atoms with van der Waals surface area (Å²) in [6, 6.07) is 11.3. The Morgan fingerprint density at radius 3 is 2.06 bits per heavy atom. The van der Waals surface area contributed by atoms with Crippen molar-refractivity contribution in [2.24, 2.45) is 10.8 Å². The Kier molecular flexibility index (Phi) is 5.38. The lowest BCUT2D eigenvalue weighted by Gasteiger charge is -2.43. The molecule has 1 aromatic heterocycles. The van der Waals surface area contributed by atoms with E-state index < -0.39 is 5.92 Å². The smallest absolute Gasteiger partial charge is 0.163 e. The number of nitrogen functional groups attached to an aromatic ring is 1. The van der Waals surface area contributed by atoms with Gasteiger partial charge in [0.2, 0.25) is 0 Å². The van der Waals surface area contributed by atoms with Gasteiger partial charge in [-0.15, -0.1) is 0 Å². The number of allylic oxidation sites excluding steroid dienone is 4. The fourth-order valence-electron chi connectivity index (χ4n) is 5.72. The zero-order valence-electron chi connectivity index (χ0n) is 21.0. The highest BCUT2D eigenvalue weighted by Gasteiger charge is 2.48. The number of aromatic nitrogens is 1. The van der Waals surface area contributed by atoms with E-state index in [2.05, 4.69) is 32.7 Å². The second-order valence-corrected chi connectivity index (χ2v) is 11.5. The molecule has 2 heterocycles. The number of pyridine rings is 1. The van der Waals surface area contributed by atoms with Gasteiger partial charge in [-0.1, -0.05) is 33.8 Å². The molecule has 0 atom stereocenters. The van der Waals surface area contributed by atoms with Crippen LogP contribution >= 0.6 is 0 Å². The number of rotatable bonds is 3. The van der Waals surface area contributed by atoms with Crippen molar-refractivity contribution >= 4 is 17.4 Å². The minimum Gasteiger partial charge on any atom is -0.496 e. The molecule has 0 bridgehead atoms. The van der Waals surface area contributed by atoms with E-state index in [4.69, 9.17) is 15.2 Å². The van der Waals surface area contributed by atoms with Gasteiger partial charge in [0.15, 0.2) is 11.6 Å². The number of carbonyl (C=O) groups excluding carboxylic acids is 2. The summed E-state index contributed by atoms with van der Waals surface area (Å²) < 4.78 is 12.2. The largest absolute Gasteiger partial charge is 0.496 e. The van der Waals surface area contributed by atoms with E-state index in [0.717, 1.165) is 16.8 Å². The molecule has 2 N–H and O–H groups in total. The van der Waals surface area contributed by atoms with Gasteiger partial charge in [0.25, 0.3) is 0 Å². The summed E-state index contributed by atoms with van der Waals surface area (Å²) in [5, 5.41) is 0. The quantitative estimate of drug-likeness (QED) is 0.612. The summed E-state index contributed by atoms with van der Waals surface area (Å²) in [5.41, 5.74) is 9.05. The predicted molar refractivity (Wildman–Crippen MR) is 135 cm³/mol. The van der Waals surface area contributed by atoms with Gasteiger partial charge >= 0.3 is 0 Å². The van der Waals surface area contributed by atoms with Crippen LogP contribution in [0, 0.1) is 10.8 Å². The number of hydrogen-bond acceptors (Lipinski definition) is 6. The summed E-state index contributed by atoms with van der Waals surface area (Å²) in [7, 11) is 1.61. The molecule has 6 nitrogen and oxygen atoms in total. The first-order chi connectivity index (χ1) is 16.5. The van der Waals surface area contributed by atoms with Crippen LogP contribution < -0.4 is 10.5 Å². The number of ketones is 2. The highest BCUT2D eigenvalue weighted by atomic mass is 16.5. The van der Waals surface area contributed by atoms with Crippen molar-refractivity contribution in [3.05, 3.63) is 64.6 Å². The van der Waals surface area contributed by atoms with Crippen molar-refractivity contribution in [2.75, 3.05) is 12.8 Å². The van der Waals surface area contributed by atoms with Gasteiger partial charge < -0.3 is 15.2 Å². The summed E-state index contributed by atoms with van der Waals surface area (Å²) in [5.74, 6) is 1.95. The molecule has 35 heavy (non-hydrogen) atoms. The molecule has 0 saturated heterocycles. The van der Waals surface area contributed by atoms with E-state index in [0.29, 0.717) is 59.9 Å². The van der Waals surface area contributed by atoms with E-state index in [1.165, 1.54) is 0 Å². The molecule has 0 spiro atoms. The number of ether oxygens (including phenoxy) is 2. The van der Waals surface area contributed by atoms with Gasteiger partial charge in [-0.3, -0.25) is 9.59 Å². The van der Waals surface area contributed by atoms with Crippen LogP contribution in [0.4, 0.5) is 5.82 Å². The van der Waals surface area contributed by atoms with Gasteiger partial charge in [-0.25, -0.2) is 4.98 Å². The molecular weight excluding hydrogens is 440 g/mol. The van der Waals surface area contributed by atoms with Crippen LogP contribution in [0.15, 0.2) is 59.1 Å². The lowest BCUT2D eigenvalue weighted by atomic mass is 9.65. The second kappa shape index (κ2) is 8.08. The molecule has 0 unspecified atom stereocenters. The third-order valence-electron chi connectivity index (χ3n) is 7.19. The molecular formula is C29H32N2O4. The molecule has 1 aromatic carbocycles. The molecule has 182 valence electrons. The molecule has 0 radical (unpaired) electrons. The highest BCUT2D eigenvalue weighted by molar-refractivity contribution is 6.06. The Bertz CT molecular complexity index is 1260. The number of nitrogens with two attached hydrogens (primary N) is 1. The first-order valence-corrected chi connectivity index (χ1v) is 12.1. The zero-order valence-corrected chi connectivity index (χ0v) is 21.0. The zero-order chi connectivity index (χ0) is 25.1. The normalized spacial score (nSPS) is 21.4. The Morgan fingerprint density at radius 2 is 1.51 bits per heavy atom. The minimum absolute atomic E-state index is 0.0278. The first-order valence-electron chi connectivity index (χ1n) is 12.1. The van der Waals surface area contributed by atoms with E-state index >= 15 is 0 Å². The molecule has 2 aliphatic carbocycles. The van der Waals surface area contributed by atoms with E-state index in [1.54, 1.807) is 13.2 Å². The Labute approximate surface area is 206 Å². The van der Waals surface area contributed by atoms with Crippen LogP contribution in [0.5, 0.6) is 5.75 Å². The maximum Gasteiger partial charge on any atom is 0.163 e. The number of benzene rings is 1. The summed E-state index contributed by atoms with van der Waals surface area (Å²) in [4.78, 5) is 31.7. The standard InChI is InChI=1S/C29H32N2O4/c1-28(2)12-19(32)26-22(14-28)35-23-15-29(3,4)13-20(33)27(23)25(26)17-11-16(9-10-21(17)34-5)18-7-6-8-24(30)31-18/h6-11,25H,12-15H2,1-5H3,(H2,30,31). The number of nitrogens with zero attached hydrogens (tertiary/aromatic N) is 1. The van der Waals surface area contributed by atoms with Crippen molar-refractivity contribution in [3.63, 3.8) is 0 Å². The van der Waals surface area contributed by atoms with Crippen molar-refractivity contribution in [2.45, 2.75) is 59.3 Å². The lowest BCUT2D eigenvalue weighted by molar-refractivity contribution is -0.120. The minimum atomic E-state index is -0.531. The van der Waals surface area contributed by atoms with Crippen LogP contribution in [0.25, 0.3) is 11.3 Å². The Hall–Kier alpha value is -3.41. The molecule has 1 aliphatic heterocycles. The summed E-state index contributed by atoms with van der Waals surface area (Å²) in [6.45, 7) is 8.33. The predicted octanol–water partition coefficient (Wildman–Crippen LogP) is 5.74. The van der Waals surface area contributed by atoms with E-state index in [9.17, 15) is 9.59 Å². The Balaban J connectivity index is 1.75. The van der Waals surface area contributed by atoms with Gasteiger partial charge in [0.05, 0.1) is 18.7 Å². The van der Waals surface area contributed by atoms with Crippen molar-refractivity contribution in [3.8, 4) is 17.0 Å². The van der Waals surface area contributed by atoms with E-state index in [1.807, 2.05) is 30.3 Å². The maximum atomic E-state index is 13.6. The molecule has 6 heteroatoms. The number of anilines is 1. The lowest BCUT2D eigenvalue weighted by Crippen LogP contribution is -2.37. The average Bonchev–Trinajstić information content (AvgIpc) is 2.75. The van der Waals surface area contributed by atoms with Gasteiger partial charge in [-0.2, -0.15) is 0 Å². The number of carbonyl (C=O) groups is 2. The summed E-state index contributed by atoms with van der Waals surface area (Å²) >= 11 is 0. The maximum absolute atomic E-state index is 13.6. The number of hydrogen-bond donors (Lipinski definition) is 1. The first kappa shape index (κ1) is 23.3.